The molecule has 13 heavy (non-hydrogen) atoms. The molecular weight excluding hydrogens is 168 g/mol. The quantitative estimate of drug-likeness (QED) is 0.500. The van der Waals surface area contributed by atoms with Crippen molar-refractivity contribution in [2.24, 2.45) is 0 Å². The summed E-state index contributed by atoms with van der Waals surface area (Å²) in [6.07, 6.45) is 2.20. The van der Waals surface area contributed by atoms with Crippen molar-refractivity contribution in [2.75, 3.05) is 26.7 Å². The number of urea groups is 1. The first-order chi connectivity index (χ1) is 6.22. The molecule has 0 spiro atoms. The van der Waals surface area contributed by atoms with Crippen LogP contribution in [0.1, 0.15) is 13.3 Å². The van der Waals surface area contributed by atoms with Gasteiger partial charge >= 0.3 is 6.03 Å². The first-order valence-electron chi connectivity index (χ1n) is 4.43. The zero-order valence-electron chi connectivity index (χ0n) is 8.38. The number of carbonyl (C=O) groups is 1. The number of rotatable bonds is 6. The summed E-state index contributed by atoms with van der Waals surface area (Å²) in [5.74, 6) is 0. The summed E-state index contributed by atoms with van der Waals surface area (Å²) < 4.78 is 4.90. The van der Waals surface area contributed by atoms with Crippen molar-refractivity contribution >= 4 is 6.03 Å². The number of hydrogen-bond acceptors (Lipinski definition) is 2. The van der Waals surface area contributed by atoms with Gasteiger partial charge in [0.25, 0.3) is 0 Å². The van der Waals surface area contributed by atoms with E-state index in [2.05, 4.69) is 11.9 Å². The molecule has 0 heterocycles. The molecule has 0 bridgehead atoms. The summed E-state index contributed by atoms with van der Waals surface area (Å²) in [6.45, 7) is 7.30. The Morgan fingerprint density at radius 2 is 2.38 bits per heavy atom. The third-order valence-electron chi connectivity index (χ3n) is 1.65. The van der Waals surface area contributed by atoms with E-state index in [-0.39, 0.29) is 6.03 Å². The van der Waals surface area contributed by atoms with E-state index in [0.717, 1.165) is 13.0 Å². The topological polar surface area (TPSA) is 41.6 Å². The highest BCUT2D eigenvalue weighted by Crippen LogP contribution is 1.84. The van der Waals surface area contributed by atoms with Crippen molar-refractivity contribution in [1.82, 2.24) is 10.2 Å². The van der Waals surface area contributed by atoms with E-state index in [1.54, 1.807) is 11.9 Å². The molecule has 2 amide bonds. The SMILES string of the molecule is C=COCCCNC(=O)N(C)CC. The first kappa shape index (κ1) is 11.8. The van der Waals surface area contributed by atoms with Gasteiger partial charge in [-0.3, -0.25) is 0 Å². The van der Waals surface area contributed by atoms with Crippen LogP contribution in [0.15, 0.2) is 12.8 Å². The van der Waals surface area contributed by atoms with E-state index in [9.17, 15) is 4.79 Å². The highest BCUT2D eigenvalue weighted by molar-refractivity contribution is 5.73. The van der Waals surface area contributed by atoms with Crippen LogP contribution in [0.2, 0.25) is 0 Å². The Morgan fingerprint density at radius 3 is 2.92 bits per heavy atom. The number of nitrogens with one attached hydrogen (secondary N) is 1. The number of ether oxygens (including phenoxy) is 1. The lowest BCUT2D eigenvalue weighted by molar-refractivity contribution is 0.207. The monoisotopic (exact) mass is 186 g/mol. The zero-order valence-corrected chi connectivity index (χ0v) is 8.38. The molecule has 0 atom stereocenters. The maximum Gasteiger partial charge on any atom is 0.317 e. The Bertz CT molecular complexity index is 160. The molecule has 0 aliphatic carbocycles. The largest absolute Gasteiger partial charge is 0.502 e. The third-order valence-corrected chi connectivity index (χ3v) is 1.65. The van der Waals surface area contributed by atoms with E-state index >= 15 is 0 Å². The van der Waals surface area contributed by atoms with Gasteiger partial charge in [-0.15, -0.1) is 0 Å². The summed E-state index contributed by atoms with van der Waals surface area (Å²) in [6, 6.07) is -0.0406. The van der Waals surface area contributed by atoms with Crippen LogP contribution in [0.4, 0.5) is 4.79 Å². The lowest BCUT2D eigenvalue weighted by Gasteiger charge is -2.15. The van der Waals surface area contributed by atoms with Crippen molar-refractivity contribution in [3.63, 3.8) is 0 Å². The molecule has 0 aromatic heterocycles. The van der Waals surface area contributed by atoms with Gasteiger partial charge in [0.15, 0.2) is 0 Å². The molecule has 0 unspecified atom stereocenters. The molecule has 0 radical (unpaired) electrons. The molecule has 0 aromatic carbocycles. The van der Waals surface area contributed by atoms with Crippen LogP contribution in [0, 0.1) is 0 Å². The Balaban J connectivity index is 3.31. The van der Waals surface area contributed by atoms with Gasteiger partial charge in [0.2, 0.25) is 0 Å². The predicted octanol–water partition coefficient (Wildman–Crippen LogP) is 1.20. The fourth-order valence-electron chi connectivity index (χ4n) is 0.713. The second-order valence-corrected chi connectivity index (χ2v) is 2.64. The molecule has 76 valence electrons. The fourth-order valence-corrected chi connectivity index (χ4v) is 0.713. The highest BCUT2D eigenvalue weighted by Gasteiger charge is 2.03. The van der Waals surface area contributed by atoms with Crippen LogP contribution in [0.25, 0.3) is 0 Å². The molecule has 1 N–H and O–H groups in total. The van der Waals surface area contributed by atoms with Crippen molar-refractivity contribution in [2.45, 2.75) is 13.3 Å². The summed E-state index contributed by atoms with van der Waals surface area (Å²) in [7, 11) is 1.76. The van der Waals surface area contributed by atoms with Gasteiger partial charge in [-0.25, -0.2) is 4.79 Å². The van der Waals surface area contributed by atoms with Crippen molar-refractivity contribution in [3.05, 3.63) is 12.8 Å². The van der Waals surface area contributed by atoms with Gasteiger partial charge in [0, 0.05) is 20.1 Å². The van der Waals surface area contributed by atoms with Crippen molar-refractivity contribution in [3.8, 4) is 0 Å². The summed E-state index contributed by atoms with van der Waals surface area (Å²) >= 11 is 0. The minimum Gasteiger partial charge on any atom is -0.502 e. The molecule has 0 saturated carbocycles. The van der Waals surface area contributed by atoms with Gasteiger partial charge in [-0.2, -0.15) is 0 Å². The Labute approximate surface area is 79.6 Å². The molecule has 0 aliphatic heterocycles. The van der Waals surface area contributed by atoms with E-state index < -0.39 is 0 Å². The van der Waals surface area contributed by atoms with E-state index in [1.165, 1.54) is 6.26 Å². The molecule has 4 nitrogen and oxygen atoms in total. The van der Waals surface area contributed by atoms with Crippen LogP contribution in [0.5, 0.6) is 0 Å². The first-order valence-corrected chi connectivity index (χ1v) is 4.43. The lowest BCUT2D eigenvalue weighted by Crippen LogP contribution is -2.37. The summed E-state index contributed by atoms with van der Waals surface area (Å²) in [5, 5.41) is 2.76. The maximum absolute atomic E-state index is 11.2. The third kappa shape index (κ3) is 6.02. The van der Waals surface area contributed by atoms with Gasteiger partial charge in [0.1, 0.15) is 0 Å². The average molecular weight is 186 g/mol. The van der Waals surface area contributed by atoms with E-state index in [4.69, 9.17) is 4.74 Å². The van der Waals surface area contributed by atoms with Gasteiger partial charge in [0.05, 0.1) is 12.9 Å². The summed E-state index contributed by atoms with van der Waals surface area (Å²) in [4.78, 5) is 12.8. The normalized spacial score (nSPS) is 9.08. The van der Waals surface area contributed by atoms with Crippen LogP contribution in [-0.4, -0.2) is 37.7 Å². The maximum atomic E-state index is 11.2. The van der Waals surface area contributed by atoms with Crippen LogP contribution >= 0.6 is 0 Å². The number of nitrogens with zero attached hydrogens (tertiary/aromatic N) is 1. The lowest BCUT2D eigenvalue weighted by atomic mass is 10.4. The predicted molar refractivity (Wildman–Crippen MR) is 52.5 cm³/mol. The summed E-state index contributed by atoms with van der Waals surface area (Å²) in [5.41, 5.74) is 0. The second-order valence-electron chi connectivity index (χ2n) is 2.64. The van der Waals surface area contributed by atoms with Crippen LogP contribution < -0.4 is 5.32 Å². The van der Waals surface area contributed by atoms with E-state index in [1.807, 2.05) is 6.92 Å². The standard InChI is InChI=1S/C9H18N2O2/c1-4-11(3)9(12)10-7-6-8-13-5-2/h5H,2,4,6-8H2,1,3H3,(H,10,12). The van der Waals surface area contributed by atoms with E-state index in [0.29, 0.717) is 13.2 Å². The van der Waals surface area contributed by atoms with Gasteiger partial charge in [-0.05, 0) is 13.3 Å². The van der Waals surface area contributed by atoms with Crippen LogP contribution in [-0.2, 0) is 4.74 Å². The highest BCUT2D eigenvalue weighted by atomic mass is 16.5. The zero-order chi connectivity index (χ0) is 10.1. The Hall–Kier alpha value is -1.19. The minimum absolute atomic E-state index is 0.0406. The smallest absolute Gasteiger partial charge is 0.317 e. The van der Waals surface area contributed by atoms with Crippen molar-refractivity contribution in [1.29, 1.82) is 0 Å². The fraction of sp³-hybridized carbons (Fsp3) is 0.667. The second kappa shape index (κ2) is 7.46. The molecule has 0 saturated heterocycles. The number of amides is 2. The van der Waals surface area contributed by atoms with Crippen molar-refractivity contribution < 1.29 is 9.53 Å². The number of carbonyl (C=O) groups excluding carboxylic acids is 1. The van der Waals surface area contributed by atoms with Gasteiger partial charge < -0.3 is 15.0 Å². The minimum atomic E-state index is -0.0406. The average Bonchev–Trinajstić information content (AvgIpc) is 2.16. The van der Waals surface area contributed by atoms with Crippen LogP contribution in [0.3, 0.4) is 0 Å². The molecule has 4 heteroatoms. The molecule has 0 fully saturated rings. The number of hydrogen-bond donors (Lipinski definition) is 1. The molecule has 0 aromatic rings. The molecule has 0 rings (SSSR count). The Kier molecular flexibility index (Phi) is 6.78. The molecular formula is C9H18N2O2. The van der Waals surface area contributed by atoms with Gasteiger partial charge in [-0.1, -0.05) is 6.58 Å². The molecule has 0 aliphatic rings. The Morgan fingerprint density at radius 1 is 1.69 bits per heavy atom.